The molecule has 17 heavy (non-hydrogen) atoms. The van der Waals surface area contributed by atoms with Gasteiger partial charge in [0, 0.05) is 21.4 Å². The van der Waals surface area contributed by atoms with Crippen LogP contribution in [0.15, 0.2) is 47.3 Å². The molecule has 3 heteroatoms. The van der Waals surface area contributed by atoms with Crippen molar-refractivity contribution in [3.8, 4) is 0 Å². The van der Waals surface area contributed by atoms with Crippen molar-refractivity contribution in [2.75, 3.05) is 0 Å². The number of para-hydroxylation sites is 1. The van der Waals surface area contributed by atoms with Crippen LogP contribution in [-0.2, 0) is 7.05 Å². The van der Waals surface area contributed by atoms with Gasteiger partial charge in [0.15, 0.2) is 5.43 Å². The van der Waals surface area contributed by atoms with Crippen molar-refractivity contribution in [1.29, 1.82) is 0 Å². The molecule has 2 aromatic carbocycles. The summed E-state index contributed by atoms with van der Waals surface area (Å²) in [4.78, 5) is 12.4. The zero-order chi connectivity index (χ0) is 12.0. The molecule has 0 spiro atoms. The topological polar surface area (TPSA) is 22.0 Å². The van der Waals surface area contributed by atoms with Crippen molar-refractivity contribution in [2.45, 2.75) is 0 Å². The second kappa shape index (κ2) is 3.84. The normalized spacial score (nSPS) is 11.2. The molecule has 0 saturated heterocycles. The predicted octanol–water partition coefficient (Wildman–Crippen LogP) is 3.30. The van der Waals surface area contributed by atoms with E-state index in [1.54, 1.807) is 0 Å². The van der Waals surface area contributed by atoms with E-state index in [4.69, 9.17) is 0 Å². The van der Waals surface area contributed by atoms with Gasteiger partial charge in [0.05, 0.1) is 11.0 Å². The second-order valence-electron chi connectivity index (χ2n) is 4.07. The van der Waals surface area contributed by atoms with E-state index in [-0.39, 0.29) is 5.43 Å². The van der Waals surface area contributed by atoms with Crippen LogP contribution in [0.25, 0.3) is 21.8 Å². The third-order valence-electron chi connectivity index (χ3n) is 3.07. The number of halogens is 1. The summed E-state index contributed by atoms with van der Waals surface area (Å²) in [6.45, 7) is 0. The lowest BCUT2D eigenvalue weighted by atomic mass is 10.1. The van der Waals surface area contributed by atoms with E-state index >= 15 is 0 Å². The van der Waals surface area contributed by atoms with Gasteiger partial charge < -0.3 is 4.57 Å². The quantitative estimate of drug-likeness (QED) is 0.456. The number of pyridine rings is 1. The third kappa shape index (κ3) is 1.57. The smallest absolute Gasteiger partial charge is 0.197 e. The SMILES string of the molecule is Cn1c2ccccc2c(=O)c2cc(I)ccc21. The van der Waals surface area contributed by atoms with Gasteiger partial charge in [-0.2, -0.15) is 0 Å². The molecule has 0 unspecified atom stereocenters. The Morgan fingerprint density at radius 3 is 2.53 bits per heavy atom. The van der Waals surface area contributed by atoms with Gasteiger partial charge in [-0.3, -0.25) is 4.79 Å². The first-order chi connectivity index (χ1) is 8.18. The summed E-state index contributed by atoms with van der Waals surface area (Å²) >= 11 is 2.23. The largest absolute Gasteiger partial charge is 0.343 e. The summed E-state index contributed by atoms with van der Waals surface area (Å²) in [5.74, 6) is 0. The van der Waals surface area contributed by atoms with Crippen molar-refractivity contribution < 1.29 is 0 Å². The monoisotopic (exact) mass is 335 g/mol. The van der Waals surface area contributed by atoms with Crippen molar-refractivity contribution in [2.24, 2.45) is 7.05 Å². The molecule has 0 aliphatic rings. The third-order valence-corrected chi connectivity index (χ3v) is 3.75. The zero-order valence-electron chi connectivity index (χ0n) is 9.27. The Kier molecular flexibility index (Phi) is 2.43. The molecule has 0 N–H and O–H groups in total. The Morgan fingerprint density at radius 1 is 1.00 bits per heavy atom. The number of hydrogen-bond donors (Lipinski definition) is 0. The molecule has 3 rings (SSSR count). The first-order valence-electron chi connectivity index (χ1n) is 5.35. The minimum absolute atomic E-state index is 0.118. The molecular formula is C14H10INO. The van der Waals surface area contributed by atoms with E-state index in [2.05, 4.69) is 27.2 Å². The molecule has 0 bridgehead atoms. The fourth-order valence-corrected chi connectivity index (χ4v) is 2.71. The highest BCUT2D eigenvalue weighted by atomic mass is 127. The van der Waals surface area contributed by atoms with Crippen LogP contribution in [0.5, 0.6) is 0 Å². The summed E-state index contributed by atoms with van der Waals surface area (Å²) in [5.41, 5.74) is 2.08. The van der Waals surface area contributed by atoms with Crippen molar-refractivity contribution >= 4 is 44.4 Å². The number of nitrogens with zero attached hydrogens (tertiary/aromatic N) is 1. The first kappa shape index (κ1) is 10.8. The van der Waals surface area contributed by atoms with Gasteiger partial charge >= 0.3 is 0 Å². The molecule has 0 aliphatic carbocycles. The highest BCUT2D eigenvalue weighted by Gasteiger charge is 2.07. The Balaban J connectivity index is 2.68. The fourth-order valence-electron chi connectivity index (χ4n) is 2.22. The van der Waals surface area contributed by atoms with E-state index < -0.39 is 0 Å². The molecule has 0 atom stereocenters. The second-order valence-corrected chi connectivity index (χ2v) is 5.31. The van der Waals surface area contributed by atoms with Crippen LogP contribution in [0.2, 0.25) is 0 Å². The van der Waals surface area contributed by atoms with Gasteiger partial charge in [-0.1, -0.05) is 12.1 Å². The van der Waals surface area contributed by atoms with Crippen LogP contribution in [0.1, 0.15) is 0 Å². The lowest BCUT2D eigenvalue weighted by Crippen LogP contribution is -2.08. The Hall–Kier alpha value is -1.36. The molecular weight excluding hydrogens is 325 g/mol. The maximum atomic E-state index is 12.4. The van der Waals surface area contributed by atoms with Crippen LogP contribution in [-0.4, -0.2) is 4.57 Å². The van der Waals surface area contributed by atoms with Crippen molar-refractivity contribution in [3.05, 3.63) is 56.3 Å². The van der Waals surface area contributed by atoms with Crippen molar-refractivity contribution in [1.82, 2.24) is 4.57 Å². The Labute approximate surface area is 112 Å². The van der Waals surface area contributed by atoms with Gasteiger partial charge in [-0.15, -0.1) is 0 Å². The van der Waals surface area contributed by atoms with Gasteiger partial charge in [-0.05, 0) is 52.9 Å². The average Bonchev–Trinajstić information content (AvgIpc) is 2.36. The average molecular weight is 335 g/mol. The standard InChI is InChI=1S/C14H10INO/c1-16-12-5-3-2-4-10(12)14(17)11-8-9(15)6-7-13(11)16/h2-8H,1H3. The maximum absolute atomic E-state index is 12.4. The Bertz CT molecular complexity index is 789. The van der Waals surface area contributed by atoms with Crippen molar-refractivity contribution in [3.63, 3.8) is 0 Å². The minimum Gasteiger partial charge on any atom is -0.343 e. The molecule has 0 radical (unpaired) electrons. The summed E-state index contributed by atoms with van der Waals surface area (Å²) in [7, 11) is 2.00. The molecule has 3 aromatic rings. The van der Waals surface area contributed by atoms with E-state index in [0.717, 1.165) is 25.4 Å². The molecule has 2 nitrogen and oxygen atoms in total. The number of fused-ring (bicyclic) bond motifs is 2. The molecule has 0 amide bonds. The predicted molar refractivity (Wildman–Crippen MR) is 79.4 cm³/mol. The van der Waals surface area contributed by atoms with Gasteiger partial charge in [-0.25, -0.2) is 0 Å². The fraction of sp³-hybridized carbons (Fsp3) is 0.0714. The highest BCUT2D eigenvalue weighted by molar-refractivity contribution is 14.1. The highest BCUT2D eigenvalue weighted by Crippen LogP contribution is 2.19. The first-order valence-corrected chi connectivity index (χ1v) is 6.43. The number of aromatic nitrogens is 1. The lowest BCUT2D eigenvalue weighted by molar-refractivity contribution is 1.00. The van der Waals surface area contributed by atoms with Gasteiger partial charge in [0.2, 0.25) is 0 Å². The van der Waals surface area contributed by atoms with Crippen LogP contribution in [0.3, 0.4) is 0 Å². The van der Waals surface area contributed by atoms with Crippen LogP contribution < -0.4 is 5.43 Å². The molecule has 0 saturated carbocycles. The van der Waals surface area contributed by atoms with E-state index in [0.29, 0.717) is 0 Å². The molecule has 1 heterocycles. The van der Waals surface area contributed by atoms with E-state index in [9.17, 15) is 4.79 Å². The Morgan fingerprint density at radius 2 is 1.71 bits per heavy atom. The summed E-state index contributed by atoms with van der Waals surface area (Å²) in [6.07, 6.45) is 0. The summed E-state index contributed by atoms with van der Waals surface area (Å²) in [5, 5.41) is 1.57. The number of aryl methyl sites for hydroxylation is 1. The molecule has 84 valence electrons. The molecule has 1 aromatic heterocycles. The zero-order valence-corrected chi connectivity index (χ0v) is 11.4. The number of hydrogen-bond acceptors (Lipinski definition) is 1. The van der Waals surface area contributed by atoms with Crippen LogP contribution >= 0.6 is 22.6 Å². The van der Waals surface area contributed by atoms with Crippen LogP contribution in [0, 0.1) is 3.57 Å². The van der Waals surface area contributed by atoms with Gasteiger partial charge in [0.25, 0.3) is 0 Å². The lowest BCUT2D eigenvalue weighted by Gasteiger charge is -2.10. The minimum atomic E-state index is 0.118. The van der Waals surface area contributed by atoms with E-state index in [1.807, 2.05) is 49.5 Å². The summed E-state index contributed by atoms with van der Waals surface area (Å²) < 4.78 is 3.16. The van der Waals surface area contributed by atoms with E-state index in [1.165, 1.54) is 0 Å². The number of rotatable bonds is 0. The maximum Gasteiger partial charge on any atom is 0.197 e. The number of benzene rings is 2. The summed E-state index contributed by atoms with van der Waals surface area (Å²) in [6, 6.07) is 13.7. The van der Waals surface area contributed by atoms with Gasteiger partial charge in [0.1, 0.15) is 0 Å². The van der Waals surface area contributed by atoms with Crippen LogP contribution in [0.4, 0.5) is 0 Å². The molecule has 0 fully saturated rings. The molecule has 0 aliphatic heterocycles.